The molecule has 0 spiro atoms. The van der Waals surface area contributed by atoms with Gasteiger partial charge in [0, 0.05) is 4.47 Å². The summed E-state index contributed by atoms with van der Waals surface area (Å²) in [5.74, 6) is 1.20. The van der Waals surface area contributed by atoms with E-state index in [1.165, 1.54) is 4.52 Å². The third-order valence-electron chi connectivity index (χ3n) is 2.71. The van der Waals surface area contributed by atoms with Crippen LogP contribution in [0.2, 0.25) is 0 Å². The molecular weight excluding hydrogens is 310 g/mol. The van der Waals surface area contributed by atoms with Crippen LogP contribution in [0.5, 0.6) is 11.6 Å². The third-order valence-corrected chi connectivity index (χ3v) is 3.96. The first kappa shape index (κ1) is 12.0. The maximum absolute atomic E-state index is 5.80. The topological polar surface area (TPSA) is 65.2 Å². The van der Waals surface area contributed by atoms with Crippen LogP contribution in [0.25, 0.3) is 5.65 Å². The van der Waals surface area contributed by atoms with Crippen LogP contribution in [0.15, 0.2) is 29.0 Å². The van der Waals surface area contributed by atoms with Gasteiger partial charge >= 0.3 is 0 Å². The Balaban J connectivity index is 2.04. The molecular formula is C12H10BrN5O. The molecule has 0 radical (unpaired) electrons. The van der Waals surface area contributed by atoms with Crippen LogP contribution in [0.4, 0.5) is 0 Å². The molecule has 19 heavy (non-hydrogen) atoms. The van der Waals surface area contributed by atoms with E-state index in [2.05, 4.69) is 36.4 Å². The average Bonchev–Trinajstić information content (AvgIpc) is 2.85. The van der Waals surface area contributed by atoms with E-state index in [4.69, 9.17) is 4.74 Å². The first-order valence-corrected chi connectivity index (χ1v) is 6.41. The summed E-state index contributed by atoms with van der Waals surface area (Å²) in [6.07, 6.45) is 3.15. The van der Waals surface area contributed by atoms with Crippen molar-refractivity contribution in [3.05, 3.63) is 40.1 Å². The molecule has 1 aromatic carbocycles. The molecule has 3 rings (SSSR count). The number of tetrazole rings is 1. The van der Waals surface area contributed by atoms with Crippen LogP contribution in [-0.2, 0) is 0 Å². The van der Waals surface area contributed by atoms with E-state index in [0.29, 0.717) is 11.5 Å². The molecule has 0 aliphatic carbocycles. The van der Waals surface area contributed by atoms with Gasteiger partial charge in [-0.1, -0.05) is 15.9 Å². The molecule has 0 amide bonds. The van der Waals surface area contributed by atoms with E-state index in [9.17, 15) is 0 Å². The fourth-order valence-corrected chi connectivity index (χ4v) is 2.04. The lowest BCUT2D eigenvalue weighted by Crippen LogP contribution is -1.97. The minimum Gasteiger partial charge on any atom is -0.437 e. The van der Waals surface area contributed by atoms with Crippen molar-refractivity contribution < 1.29 is 4.74 Å². The standard InChI is InChI=1S/C12H10BrN5O/c1-7-3-9(4-8(2)12(7)13)19-11-6-14-5-10-15-16-17-18(10)11/h3-6H,1-2H3. The Kier molecular flexibility index (Phi) is 2.90. The molecule has 0 fully saturated rings. The van der Waals surface area contributed by atoms with Gasteiger partial charge in [-0.15, -0.1) is 5.10 Å². The molecule has 0 N–H and O–H groups in total. The first-order chi connectivity index (χ1) is 9.15. The number of aryl methyl sites for hydroxylation is 2. The van der Waals surface area contributed by atoms with Gasteiger partial charge in [0.15, 0.2) is 0 Å². The van der Waals surface area contributed by atoms with Crippen LogP contribution in [0, 0.1) is 13.8 Å². The zero-order chi connectivity index (χ0) is 13.4. The highest BCUT2D eigenvalue weighted by Gasteiger charge is 2.08. The van der Waals surface area contributed by atoms with Crippen molar-refractivity contribution in [2.75, 3.05) is 0 Å². The van der Waals surface area contributed by atoms with Gasteiger partial charge in [-0.3, -0.25) is 4.98 Å². The summed E-state index contributed by atoms with van der Waals surface area (Å²) in [7, 11) is 0. The van der Waals surface area contributed by atoms with E-state index >= 15 is 0 Å². The Morgan fingerprint density at radius 1 is 1.16 bits per heavy atom. The van der Waals surface area contributed by atoms with Crippen LogP contribution in [0.1, 0.15) is 11.1 Å². The maximum Gasteiger partial charge on any atom is 0.242 e. The monoisotopic (exact) mass is 319 g/mol. The predicted molar refractivity (Wildman–Crippen MR) is 72.3 cm³/mol. The summed E-state index contributed by atoms with van der Waals surface area (Å²) >= 11 is 3.53. The van der Waals surface area contributed by atoms with Gasteiger partial charge < -0.3 is 4.74 Å². The molecule has 0 atom stereocenters. The Hall–Kier alpha value is -2.02. The highest BCUT2D eigenvalue weighted by molar-refractivity contribution is 9.10. The van der Waals surface area contributed by atoms with Gasteiger partial charge in [0.1, 0.15) is 5.75 Å². The van der Waals surface area contributed by atoms with Crippen molar-refractivity contribution in [3.8, 4) is 11.6 Å². The van der Waals surface area contributed by atoms with Gasteiger partial charge in [0.25, 0.3) is 0 Å². The number of hydrogen-bond donors (Lipinski definition) is 0. The second-order valence-corrected chi connectivity index (χ2v) is 4.96. The molecule has 0 bridgehead atoms. The number of aromatic nitrogens is 5. The molecule has 0 saturated carbocycles. The first-order valence-electron chi connectivity index (χ1n) is 5.62. The summed E-state index contributed by atoms with van der Waals surface area (Å²) in [4.78, 5) is 4.05. The Morgan fingerprint density at radius 2 is 1.89 bits per heavy atom. The highest BCUT2D eigenvalue weighted by atomic mass is 79.9. The fraction of sp³-hybridized carbons (Fsp3) is 0.167. The van der Waals surface area contributed by atoms with E-state index in [-0.39, 0.29) is 0 Å². The lowest BCUT2D eigenvalue weighted by Gasteiger charge is -2.09. The summed E-state index contributed by atoms with van der Waals surface area (Å²) in [6, 6.07) is 3.89. The summed E-state index contributed by atoms with van der Waals surface area (Å²) in [5.41, 5.74) is 2.75. The van der Waals surface area contributed by atoms with Gasteiger partial charge in [-0.25, -0.2) is 0 Å². The quantitative estimate of drug-likeness (QED) is 0.726. The predicted octanol–water partition coefficient (Wildman–Crippen LogP) is 2.69. The smallest absolute Gasteiger partial charge is 0.242 e. The summed E-state index contributed by atoms with van der Waals surface area (Å²) in [6.45, 7) is 4.03. The lowest BCUT2D eigenvalue weighted by molar-refractivity contribution is 0.441. The number of nitrogens with zero attached hydrogens (tertiary/aromatic N) is 5. The summed E-state index contributed by atoms with van der Waals surface area (Å²) < 4.78 is 8.39. The molecule has 2 heterocycles. The molecule has 2 aromatic heterocycles. The van der Waals surface area contributed by atoms with E-state index in [1.807, 2.05) is 26.0 Å². The SMILES string of the molecule is Cc1cc(Oc2cncc3nnnn23)cc(C)c1Br. The maximum atomic E-state index is 5.80. The zero-order valence-corrected chi connectivity index (χ0v) is 11.9. The molecule has 0 saturated heterocycles. The Bertz CT molecular complexity index is 732. The third kappa shape index (κ3) is 2.17. The molecule has 0 aliphatic rings. The highest BCUT2D eigenvalue weighted by Crippen LogP contribution is 2.29. The molecule has 0 unspecified atom stereocenters. The second kappa shape index (κ2) is 4.58. The van der Waals surface area contributed by atoms with E-state index in [0.717, 1.165) is 21.3 Å². The number of rotatable bonds is 2. The van der Waals surface area contributed by atoms with E-state index in [1.54, 1.807) is 12.4 Å². The van der Waals surface area contributed by atoms with Gasteiger partial charge in [-0.05, 0) is 47.5 Å². The van der Waals surface area contributed by atoms with Crippen LogP contribution in [0.3, 0.4) is 0 Å². The second-order valence-electron chi connectivity index (χ2n) is 4.17. The zero-order valence-electron chi connectivity index (χ0n) is 10.3. The minimum absolute atomic E-state index is 0.476. The van der Waals surface area contributed by atoms with Gasteiger partial charge in [0.2, 0.25) is 11.5 Å². The molecule has 7 heteroatoms. The number of benzene rings is 1. The molecule has 3 aromatic rings. The normalized spacial score (nSPS) is 10.9. The van der Waals surface area contributed by atoms with Crippen molar-refractivity contribution in [1.29, 1.82) is 0 Å². The van der Waals surface area contributed by atoms with Crippen LogP contribution >= 0.6 is 15.9 Å². The van der Waals surface area contributed by atoms with Crippen molar-refractivity contribution in [2.45, 2.75) is 13.8 Å². The van der Waals surface area contributed by atoms with Crippen molar-refractivity contribution >= 4 is 21.6 Å². The summed E-state index contributed by atoms with van der Waals surface area (Å²) in [5, 5.41) is 11.3. The van der Waals surface area contributed by atoms with Crippen LogP contribution < -0.4 is 4.74 Å². The van der Waals surface area contributed by atoms with Crippen molar-refractivity contribution in [2.24, 2.45) is 0 Å². The van der Waals surface area contributed by atoms with Crippen LogP contribution in [-0.4, -0.2) is 25.0 Å². The molecule has 0 aliphatic heterocycles. The Morgan fingerprint density at radius 3 is 2.63 bits per heavy atom. The Labute approximate surface area is 117 Å². The minimum atomic E-state index is 0.476. The van der Waals surface area contributed by atoms with E-state index < -0.39 is 0 Å². The molecule has 96 valence electrons. The number of halogens is 1. The number of fused-ring (bicyclic) bond motifs is 1. The number of hydrogen-bond acceptors (Lipinski definition) is 5. The average molecular weight is 320 g/mol. The van der Waals surface area contributed by atoms with Crippen molar-refractivity contribution in [1.82, 2.24) is 25.0 Å². The molecule has 6 nitrogen and oxygen atoms in total. The fourth-order valence-electron chi connectivity index (χ4n) is 1.81. The lowest BCUT2D eigenvalue weighted by atomic mass is 10.1. The largest absolute Gasteiger partial charge is 0.437 e. The van der Waals surface area contributed by atoms with Gasteiger partial charge in [0.05, 0.1) is 12.4 Å². The van der Waals surface area contributed by atoms with Crippen molar-refractivity contribution in [3.63, 3.8) is 0 Å². The van der Waals surface area contributed by atoms with Gasteiger partial charge in [-0.2, -0.15) is 4.52 Å². The number of ether oxygens (including phenoxy) is 1.